The molecule has 23 heavy (non-hydrogen) atoms. The van der Waals surface area contributed by atoms with Gasteiger partial charge in [0.05, 0.1) is 0 Å². The van der Waals surface area contributed by atoms with E-state index in [4.69, 9.17) is 27.9 Å². The summed E-state index contributed by atoms with van der Waals surface area (Å²) in [6.45, 7) is 0.215. The van der Waals surface area contributed by atoms with Crippen molar-refractivity contribution in [1.82, 2.24) is 4.98 Å². The number of benzene rings is 2. The number of carbonyl (C=O) groups excluding carboxylic acids is 1. The number of ether oxygens (including phenoxy) is 1. The molecule has 0 saturated carbocycles. The largest absolute Gasteiger partial charge is 0.456 e. The lowest BCUT2D eigenvalue weighted by atomic mass is 10.1. The Labute approximate surface area is 143 Å². The van der Waals surface area contributed by atoms with Crippen molar-refractivity contribution >= 4 is 29.2 Å². The average Bonchev–Trinajstić information content (AvgIpc) is 3.03. The summed E-state index contributed by atoms with van der Waals surface area (Å²) in [5.41, 5.74) is 2.71. The predicted octanol–water partition coefficient (Wildman–Crippen LogP) is 5.35. The number of carbonyl (C=O) groups is 1. The van der Waals surface area contributed by atoms with Gasteiger partial charge in [0.2, 0.25) is 0 Å². The number of aromatic nitrogens is 1. The molecule has 0 aliphatic rings. The molecule has 116 valence electrons. The second-order valence-corrected chi connectivity index (χ2v) is 5.80. The molecule has 0 unspecified atom stereocenters. The number of rotatable bonds is 4. The van der Waals surface area contributed by atoms with E-state index in [1.807, 2.05) is 30.3 Å². The van der Waals surface area contributed by atoms with Crippen LogP contribution in [-0.2, 0) is 11.3 Å². The Morgan fingerprint density at radius 1 is 1.00 bits per heavy atom. The van der Waals surface area contributed by atoms with E-state index in [0.29, 0.717) is 21.3 Å². The highest BCUT2D eigenvalue weighted by molar-refractivity contribution is 6.36. The first-order valence-electron chi connectivity index (χ1n) is 6.99. The lowest BCUT2D eigenvalue weighted by molar-refractivity contribution is 0.0467. The highest BCUT2D eigenvalue weighted by atomic mass is 35.5. The maximum atomic E-state index is 12.3. The van der Waals surface area contributed by atoms with Crippen molar-refractivity contribution in [3.63, 3.8) is 0 Å². The standard InChI is InChI=1S/C18H13Cl2NO2/c19-13-6-7-14(16(20)10-13)15-8-9-21-17(15)18(22)23-11-12-4-2-1-3-5-12/h1-10,21H,11H2. The minimum Gasteiger partial charge on any atom is -0.456 e. The molecule has 0 atom stereocenters. The first-order valence-corrected chi connectivity index (χ1v) is 7.74. The van der Waals surface area contributed by atoms with Gasteiger partial charge in [0, 0.05) is 27.4 Å². The van der Waals surface area contributed by atoms with Crippen molar-refractivity contribution in [2.24, 2.45) is 0 Å². The first-order chi connectivity index (χ1) is 11.1. The van der Waals surface area contributed by atoms with Crippen LogP contribution in [0, 0.1) is 0 Å². The summed E-state index contributed by atoms with van der Waals surface area (Å²) in [5, 5.41) is 1.02. The third kappa shape index (κ3) is 3.58. The Hall–Kier alpha value is -2.23. The molecule has 5 heteroatoms. The molecule has 2 aromatic carbocycles. The zero-order valence-corrected chi connectivity index (χ0v) is 13.6. The third-order valence-electron chi connectivity index (χ3n) is 3.39. The summed E-state index contributed by atoms with van der Waals surface area (Å²) in [5.74, 6) is -0.431. The topological polar surface area (TPSA) is 42.1 Å². The van der Waals surface area contributed by atoms with Crippen LogP contribution < -0.4 is 0 Å². The van der Waals surface area contributed by atoms with E-state index < -0.39 is 5.97 Å². The fourth-order valence-electron chi connectivity index (χ4n) is 2.27. The number of H-pyrrole nitrogens is 1. The van der Waals surface area contributed by atoms with Gasteiger partial charge in [0.1, 0.15) is 12.3 Å². The van der Waals surface area contributed by atoms with E-state index >= 15 is 0 Å². The van der Waals surface area contributed by atoms with Crippen molar-refractivity contribution in [3.8, 4) is 11.1 Å². The van der Waals surface area contributed by atoms with E-state index in [1.54, 1.807) is 30.5 Å². The van der Waals surface area contributed by atoms with Crippen molar-refractivity contribution < 1.29 is 9.53 Å². The summed E-state index contributed by atoms with van der Waals surface area (Å²) in [6.07, 6.45) is 1.68. The van der Waals surface area contributed by atoms with E-state index in [-0.39, 0.29) is 6.61 Å². The van der Waals surface area contributed by atoms with E-state index in [0.717, 1.165) is 11.1 Å². The van der Waals surface area contributed by atoms with Crippen LogP contribution in [0.25, 0.3) is 11.1 Å². The quantitative estimate of drug-likeness (QED) is 0.648. The predicted molar refractivity (Wildman–Crippen MR) is 91.8 cm³/mol. The van der Waals surface area contributed by atoms with Gasteiger partial charge in [-0.05, 0) is 23.8 Å². The van der Waals surface area contributed by atoms with Gasteiger partial charge in [-0.1, -0.05) is 59.6 Å². The molecule has 0 radical (unpaired) electrons. The Morgan fingerprint density at radius 2 is 1.78 bits per heavy atom. The number of aromatic amines is 1. The van der Waals surface area contributed by atoms with Crippen LogP contribution in [0.15, 0.2) is 60.8 Å². The normalized spacial score (nSPS) is 10.5. The highest BCUT2D eigenvalue weighted by Gasteiger charge is 2.17. The first kappa shape index (κ1) is 15.7. The van der Waals surface area contributed by atoms with Crippen LogP contribution in [0.1, 0.15) is 16.1 Å². The molecule has 3 rings (SSSR count). The van der Waals surface area contributed by atoms with Gasteiger partial charge < -0.3 is 9.72 Å². The molecule has 0 amide bonds. The van der Waals surface area contributed by atoms with Crippen LogP contribution in [-0.4, -0.2) is 11.0 Å². The average molecular weight is 346 g/mol. The molecule has 1 aromatic heterocycles. The molecule has 0 bridgehead atoms. The lowest BCUT2D eigenvalue weighted by Crippen LogP contribution is -2.07. The Bertz CT molecular complexity index is 828. The maximum absolute atomic E-state index is 12.3. The SMILES string of the molecule is O=C(OCc1ccccc1)c1[nH]ccc1-c1ccc(Cl)cc1Cl. The van der Waals surface area contributed by atoms with Gasteiger partial charge in [-0.15, -0.1) is 0 Å². The van der Waals surface area contributed by atoms with Crippen LogP contribution in [0.5, 0.6) is 0 Å². The summed E-state index contributed by atoms with van der Waals surface area (Å²) < 4.78 is 5.36. The summed E-state index contributed by atoms with van der Waals surface area (Å²) >= 11 is 12.1. The van der Waals surface area contributed by atoms with E-state index in [9.17, 15) is 4.79 Å². The minimum absolute atomic E-state index is 0.215. The highest BCUT2D eigenvalue weighted by Crippen LogP contribution is 2.32. The second kappa shape index (κ2) is 6.90. The van der Waals surface area contributed by atoms with Crippen LogP contribution in [0.4, 0.5) is 0 Å². The van der Waals surface area contributed by atoms with Crippen molar-refractivity contribution in [2.75, 3.05) is 0 Å². The summed E-state index contributed by atoms with van der Waals surface area (Å²) in [6, 6.07) is 16.5. The lowest BCUT2D eigenvalue weighted by Gasteiger charge is -2.08. The molecule has 1 N–H and O–H groups in total. The van der Waals surface area contributed by atoms with E-state index in [2.05, 4.69) is 4.98 Å². The molecule has 0 fully saturated rings. The van der Waals surface area contributed by atoms with Crippen LogP contribution in [0.2, 0.25) is 10.0 Å². The number of halogens is 2. The second-order valence-electron chi connectivity index (χ2n) is 4.95. The van der Waals surface area contributed by atoms with Gasteiger partial charge in [0.15, 0.2) is 0 Å². The molecule has 0 spiro atoms. The minimum atomic E-state index is -0.431. The number of esters is 1. The Kier molecular flexibility index (Phi) is 4.70. The molecular formula is C18H13Cl2NO2. The molecular weight excluding hydrogens is 333 g/mol. The number of hydrogen-bond donors (Lipinski definition) is 1. The van der Waals surface area contributed by atoms with Crippen molar-refractivity contribution in [2.45, 2.75) is 6.61 Å². The van der Waals surface area contributed by atoms with Crippen LogP contribution in [0.3, 0.4) is 0 Å². The maximum Gasteiger partial charge on any atom is 0.355 e. The molecule has 0 aliphatic heterocycles. The monoisotopic (exact) mass is 345 g/mol. The van der Waals surface area contributed by atoms with Gasteiger partial charge >= 0.3 is 5.97 Å². The fraction of sp³-hybridized carbons (Fsp3) is 0.0556. The smallest absolute Gasteiger partial charge is 0.355 e. The molecule has 0 aliphatic carbocycles. The Morgan fingerprint density at radius 3 is 2.52 bits per heavy atom. The van der Waals surface area contributed by atoms with E-state index in [1.165, 1.54) is 0 Å². The molecule has 1 heterocycles. The number of hydrogen-bond acceptors (Lipinski definition) is 2. The van der Waals surface area contributed by atoms with Crippen molar-refractivity contribution in [3.05, 3.63) is 82.1 Å². The van der Waals surface area contributed by atoms with Crippen LogP contribution >= 0.6 is 23.2 Å². The fourth-order valence-corrected chi connectivity index (χ4v) is 2.78. The van der Waals surface area contributed by atoms with Gasteiger partial charge in [-0.3, -0.25) is 0 Å². The summed E-state index contributed by atoms with van der Waals surface area (Å²) in [7, 11) is 0. The summed E-state index contributed by atoms with van der Waals surface area (Å²) in [4.78, 5) is 15.2. The van der Waals surface area contributed by atoms with Gasteiger partial charge in [-0.2, -0.15) is 0 Å². The zero-order valence-electron chi connectivity index (χ0n) is 12.1. The number of nitrogens with one attached hydrogen (secondary N) is 1. The van der Waals surface area contributed by atoms with Gasteiger partial charge in [-0.25, -0.2) is 4.79 Å². The Balaban J connectivity index is 1.81. The zero-order chi connectivity index (χ0) is 16.2. The molecule has 0 saturated heterocycles. The molecule has 3 aromatic rings. The van der Waals surface area contributed by atoms with Crippen molar-refractivity contribution in [1.29, 1.82) is 0 Å². The molecule has 3 nitrogen and oxygen atoms in total. The third-order valence-corrected chi connectivity index (χ3v) is 3.93. The van der Waals surface area contributed by atoms with Gasteiger partial charge in [0.25, 0.3) is 0 Å².